The summed E-state index contributed by atoms with van der Waals surface area (Å²) >= 11 is 6.88. The van der Waals surface area contributed by atoms with Crippen LogP contribution in [0.3, 0.4) is 0 Å². The summed E-state index contributed by atoms with van der Waals surface area (Å²) in [6, 6.07) is 24.9. The minimum atomic E-state index is -2.51. The molecule has 1 aliphatic heterocycles. The molecule has 0 fully saturated rings. The van der Waals surface area contributed by atoms with Crippen molar-refractivity contribution in [3.05, 3.63) is 84.7 Å². The first-order valence-electron chi connectivity index (χ1n) is 7.94. The van der Waals surface area contributed by atoms with Crippen LogP contribution in [0.25, 0.3) is 0 Å². The van der Waals surface area contributed by atoms with Gasteiger partial charge in [0.15, 0.2) is 0 Å². The van der Waals surface area contributed by atoms with E-state index in [1.165, 1.54) is 15.8 Å². The summed E-state index contributed by atoms with van der Waals surface area (Å²) in [4.78, 5) is 5.76. The molecule has 6 heteroatoms. The molecule has 4 rings (SSSR count). The van der Waals surface area contributed by atoms with Crippen LogP contribution in [0.15, 0.2) is 88.5 Å². The molecule has 2 aromatic carbocycles. The second-order valence-corrected chi connectivity index (χ2v) is 11.4. The third kappa shape index (κ3) is 2.94. The largest absolute Gasteiger partial charge is 0.396 e. The fraction of sp³-hybridized carbons (Fsp3) is 0.0526. The summed E-state index contributed by atoms with van der Waals surface area (Å²) in [6.07, 6.45) is 1.83. The lowest BCUT2D eigenvalue weighted by molar-refractivity contribution is 0.953. The van der Waals surface area contributed by atoms with Gasteiger partial charge in [0.1, 0.15) is 0 Å². The smallest absolute Gasteiger partial charge is 0.361 e. The predicted molar refractivity (Wildman–Crippen MR) is 110 cm³/mol. The highest BCUT2D eigenvalue weighted by Gasteiger charge is 2.50. The molecule has 0 saturated carbocycles. The molecule has 1 aromatic heterocycles. The van der Waals surface area contributed by atoms with Gasteiger partial charge in [0.05, 0.1) is 17.4 Å². The summed E-state index contributed by atoms with van der Waals surface area (Å²) in [5.41, 5.74) is 2.22. The van der Waals surface area contributed by atoms with E-state index in [-0.39, 0.29) is 0 Å². The number of hydrogen-bond acceptors (Lipinski definition) is 5. The molecule has 25 heavy (non-hydrogen) atoms. The summed E-state index contributed by atoms with van der Waals surface area (Å²) in [5.74, 6) is 0. The van der Waals surface area contributed by atoms with Gasteiger partial charge in [0.2, 0.25) is 0 Å². The Morgan fingerprint density at radius 2 is 1.76 bits per heavy atom. The van der Waals surface area contributed by atoms with Crippen molar-refractivity contribution in [2.24, 2.45) is 4.66 Å². The van der Waals surface area contributed by atoms with Gasteiger partial charge in [0, 0.05) is 16.8 Å². The first kappa shape index (κ1) is 16.2. The van der Waals surface area contributed by atoms with Gasteiger partial charge in [-0.05, 0) is 41.7 Å². The zero-order chi connectivity index (χ0) is 17.1. The van der Waals surface area contributed by atoms with Crippen LogP contribution in [-0.4, -0.2) is 17.7 Å². The SMILES string of the molecule is S=C=N[Si]1(c2ccccc2)Sc2ccccc2N1Cc1ccccn1. The molecule has 0 bridgehead atoms. The molecule has 0 saturated heterocycles. The zero-order valence-electron chi connectivity index (χ0n) is 13.4. The van der Waals surface area contributed by atoms with E-state index >= 15 is 0 Å². The number of hydrogen-bond donors (Lipinski definition) is 0. The molecule has 1 atom stereocenters. The van der Waals surface area contributed by atoms with E-state index in [2.05, 4.69) is 69.3 Å². The maximum Gasteiger partial charge on any atom is 0.396 e. The lowest BCUT2D eigenvalue weighted by Crippen LogP contribution is -2.56. The van der Waals surface area contributed by atoms with Crippen LogP contribution in [0, 0.1) is 0 Å². The Bertz CT molecular complexity index is 930. The lowest BCUT2D eigenvalue weighted by Gasteiger charge is -2.32. The molecule has 3 aromatic rings. The van der Waals surface area contributed by atoms with E-state index in [4.69, 9.17) is 16.9 Å². The summed E-state index contributed by atoms with van der Waals surface area (Å²) in [6.45, 7) is 0.701. The van der Waals surface area contributed by atoms with Crippen LogP contribution in [0.1, 0.15) is 5.69 Å². The molecular formula is C19H15N3S2Si. The molecule has 0 spiro atoms. The van der Waals surface area contributed by atoms with Crippen molar-refractivity contribution in [1.29, 1.82) is 0 Å². The molecular weight excluding hydrogens is 362 g/mol. The molecule has 0 radical (unpaired) electrons. The number of isothiocyanates is 1. The number of anilines is 1. The van der Waals surface area contributed by atoms with Gasteiger partial charge in [0.25, 0.3) is 0 Å². The highest BCUT2D eigenvalue weighted by molar-refractivity contribution is 8.31. The molecule has 0 aliphatic carbocycles. The number of para-hydroxylation sites is 1. The van der Waals surface area contributed by atoms with Crippen molar-refractivity contribution in [2.75, 3.05) is 4.57 Å². The second kappa shape index (κ2) is 6.94. The topological polar surface area (TPSA) is 28.5 Å². The van der Waals surface area contributed by atoms with Gasteiger partial charge in [-0.2, -0.15) is 0 Å². The fourth-order valence-corrected chi connectivity index (χ4v) is 10.2. The van der Waals surface area contributed by atoms with Crippen molar-refractivity contribution in [2.45, 2.75) is 11.4 Å². The highest BCUT2D eigenvalue weighted by Crippen LogP contribution is 2.48. The average molecular weight is 378 g/mol. The Morgan fingerprint density at radius 1 is 1.00 bits per heavy atom. The van der Waals surface area contributed by atoms with Gasteiger partial charge in [-0.3, -0.25) is 4.98 Å². The summed E-state index contributed by atoms with van der Waals surface area (Å²) in [5, 5.41) is 3.90. The van der Waals surface area contributed by atoms with E-state index in [0.29, 0.717) is 6.54 Å². The predicted octanol–water partition coefficient (Wildman–Crippen LogP) is 4.14. The van der Waals surface area contributed by atoms with Crippen LogP contribution in [0.4, 0.5) is 5.69 Å². The third-order valence-electron chi connectivity index (χ3n) is 4.17. The van der Waals surface area contributed by atoms with Crippen molar-refractivity contribution in [3.8, 4) is 0 Å². The quantitative estimate of drug-likeness (QED) is 0.388. The van der Waals surface area contributed by atoms with Crippen LogP contribution in [-0.2, 0) is 6.54 Å². The number of rotatable bonds is 4. The average Bonchev–Trinajstić information content (AvgIpc) is 2.98. The Morgan fingerprint density at radius 3 is 2.52 bits per heavy atom. The van der Waals surface area contributed by atoms with Crippen LogP contribution >= 0.6 is 23.4 Å². The van der Waals surface area contributed by atoms with Crippen molar-refractivity contribution >= 4 is 47.0 Å². The number of nitrogens with zero attached hydrogens (tertiary/aromatic N) is 3. The van der Waals surface area contributed by atoms with Gasteiger partial charge in [-0.15, -0.1) is 0 Å². The summed E-state index contributed by atoms with van der Waals surface area (Å²) in [7, 11) is -2.51. The van der Waals surface area contributed by atoms with Gasteiger partial charge >= 0.3 is 7.55 Å². The normalized spacial score (nSPS) is 18.5. The van der Waals surface area contributed by atoms with Gasteiger partial charge < -0.3 is 4.57 Å². The number of fused-ring (bicyclic) bond motifs is 1. The molecule has 1 aliphatic rings. The van der Waals surface area contributed by atoms with E-state index in [1.807, 2.05) is 35.6 Å². The Labute approximate surface area is 157 Å². The number of benzene rings is 2. The molecule has 2 heterocycles. The zero-order valence-corrected chi connectivity index (χ0v) is 16.0. The third-order valence-corrected chi connectivity index (χ3v) is 11.1. The Hall–Kier alpha value is -2.24. The maximum atomic E-state index is 5.05. The standard InChI is InChI=1S/C19H15N3S2Si/c23-15-21-25(17-9-2-1-3-10-17)22(14-16-8-6-7-13-20-16)18-11-4-5-12-19(18)24-25/h1-13H,14H2. The molecule has 3 nitrogen and oxygen atoms in total. The number of thiocarbonyl (C=S) groups is 1. The van der Waals surface area contributed by atoms with Crippen LogP contribution in [0.5, 0.6) is 0 Å². The second-order valence-electron chi connectivity index (χ2n) is 5.65. The fourth-order valence-electron chi connectivity index (χ4n) is 3.06. The van der Waals surface area contributed by atoms with Gasteiger partial charge in [-0.25, -0.2) is 4.66 Å². The summed E-state index contributed by atoms with van der Waals surface area (Å²) < 4.78 is 7.18. The number of pyridine rings is 1. The minimum Gasteiger partial charge on any atom is -0.361 e. The minimum absolute atomic E-state index is 0.701. The first-order valence-corrected chi connectivity index (χ1v) is 11.8. The molecule has 0 amide bonds. The van der Waals surface area contributed by atoms with Crippen molar-refractivity contribution in [1.82, 2.24) is 4.98 Å². The van der Waals surface area contributed by atoms with E-state index in [0.717, 1.165) is 5.69 Å². The van der Waals surface area contributed by atoms with Crippen LogP contribution < -0.4 is 9.75 Å². The van der Waals surface area contributed by atoms with Gasteiger partial charge in [-0.1, -0.05) is 59.7 Å². The van der Waals surface area contributed by atoms with E-state index in [9.17, 15) is 0 Å². The number of aromatic nitrogens is 1. The first-order chi connectivity index (χ1) is 12.3. The van der Waals surface area contributed by atoms with Crippen molar-refractivity contribution in [3.63, 3.8) is 0 Å². The maximum absolute atomic E-state index is 5.05. The molecule has 0 N–H and O–H groups in total. The Balaban J connectivity index is 1.88. The van der Waals surface area contributed by atoms with E-state index < -0.39 is 7.55 Å². The molecule has 1 unspecified atom stereocenters. The molecule has 122 valence electrons. The Kier molecular flexibility index (Phi) is 4.51. The van der Waals surface area contributed by atoms with Crippen molar-refractivity contribution < 1.29 is 0 Å². The highest BCUT2D eigenvalue weighted by atomic mass is 32.4. The monoisotopic (exact) mass is 377 g/mol. The van der Waals surface area contributed by atoms with E-state index in [1.54, 1.807) is 0 Å². The van der Waals surface area contributed by atoms with Crippen LogP contribution in [0.2, 0.25) is 0 Å². The lowest BCUT2D eigenvalue weighted by atomic mass is 10.3.